The van der Waals surface area contributed by atoms with Gasteiger partial charge in [-0.25, -0.2) is 0 Å². The molecule has 37 heavy (non-hydrogen) atoms. The predicted octanol–water partition coefficient (Wildman–Crippen LogP) is 4.95. The molecule has 0 radical (unpaired) electrons. The molecule has 6 rings (SSSR count). The van der Waals surface area contributed by atoms with Gasteiger partial charge in [-0.05, 0) is 53.4 Å². The monoisotopic (exact) mass is 512 g/mol. The lowest BCUT2D eigenvalue weighted by Crippen LogP contribution is -2.36. The summed E-state index contributed by atoms with van der Waals surface area (Å²) in [5, 5.41) is 3.51. The highest BCUT2D eigenvalue weighted by atomic mass is 32.2. The molecule has 2 N–H and O–H groups in total. The highest BCUT2D eigenvalue weighted by Gasteiger charge is 2.21. The number of pyridine rings is 2. The molecule has 2 aliphatic rings. The smallest absolute Gasteiger partial charge is 0.250 e. The van der Waals surface area contributed by atoms with Crippen molar-refractivity contribution < 1.29 is 9.47 Å². The van der Waals surface area contributed by atoms with Crippen LogP contribution in [-0.2, 0) is 17.7 Å². The molecule has 4 aromatic rings. The maximum absolute atomic E-state index is 12.6. The number of anilines is 2. The Labute approximate surface area is 219 Å². The van der Waals surface area contributed by atoms with Crippen LogP contribution in [0.15, 0.2) is 81.6 Å². The van der Waals surface area contributed by atoms with Crippen LogP contribution in [0.5, 0.6) is 5.75 Å². The fraction of sp³-hybridized carbons (Fsp3) is 0.241. The predicted molar refractivity (Wildman–Crippen MR) is 147 cm³/mol. The van der Waals surface area contributed by atoms with Crippen LogP contribution in [0.25, 0.3) is 11.3 Å². The van der Waals surface area contributed by atoms with Crippen LogP contribution in [0.2, 0.25) is 0 Å². The van der Waals surface area contributed by atoms with Crippen LogP contribution in [0.1, 0.15) is 16.7 Å². The number of aromatic nitrogens is 2. The number of rotatable bonds is 6. The fourth-order valence-electron chi connectivity index (χ4n) is 4.85. The molecule has 0 atom stereocenters. The third kappa shape index (κ3) is 5.08. The molecule has 1 saturated heterocycles. The molecule has 188 valence electrons. The van der Waals surface area contributed by atoms with Crippen LogP contribution >= 0.6 is 11.8 Å². The van der Waals surface area contributed by atoms with E-state index < -0.39 is 0 Å². The van der Waals surface area contributed by atoms with E-state index in [1.807, 2.05) is 12.3 Å². The van der Waals surface area contributed by atoms with Gasteiger partial charge in [-0.2, -0.15) is 0 Å². The van der Waals surface area contributed by atoms with Crippen LogP contribution in [0.3, 0.4) is 0 Å². The van der Waals surface area contributed by atoms with Crippen molar-refractivity contribution in [2.45, 2.75) is 22.8 Å². The zero-order valence-electron chi connectivity index (χ0n) is 20.6. The Balaban J connectivity index is 1.25. The number of nitrogens with one attached hydrogen (secondary N) is 2. The molecule has 1 fully saturated rings. The van der Waals surface area contributed by atoms with E-state index in [4.69, 9.17) is 9.47 Å². The lowest BCUT2D eigenvalue weighted by Gasteiger charge is -2.29. The van der Waals surface area contributed by atoms with Crippen LogP contribution < -0.4 is 20.5 Å². The molecule has 0 bridgehead atoms. The van der Waals surface area contributed by atoms with Crippen molar-refractivity contribution in [3.05, 3.63) is 94.0 Å². The summed E-state index contributed by atoms with van der Waals surface area (Å²) in [7, 11) is 1.65. The minimum absolute atomic E-state index is 0.0836. The van der Waals surface area contributed by atoms with Gasteiger partial charge in [-0.3, -0.25) is 9.78 Å². The number of nitrogens with zero attached hydrogens (tertiary/aromatic N) is 2. The molecule has 0 spiro atoms. The number of morpholine rings is 1. The quantitative estimate of drug-likeness (QED) is 0.333. The van der Waals surface area contributed by atoms with E-state index in [0.717, 1.165) is 53.5 Å². The standard InChI is InChI=1S/C29H28N4O3S/c1-35-24-11-19(16-30-18-24)17-31-22-5-6-27-21(13-22)12-20-3-2-4-25(29(20)37-27)26-14-23(15-28(34)32-26)33-7-9-36-10-8-33/h2-6,11,13-16,18,31H,7-10,12,17H2,1H3,(H,32,34). The first-order valence-electron chi connectivity index (χ1n) is 12.4. The van der Waals surface area contributed by atoms with Gasteiger partial charge in [0.2, 0.25) is 5.56 Å². The Morgan fingerprint density at radius 1 is 1.08 bits per heavy atom. The lowest BCUT2D eigenvalue weighted by atomic mass is 9.99. The van der Waals surface area contributed by atoms with Gasteiger partial charge >= 0.3 is 0 Å². The van der Waals surface area contributed by atoms with Crippen molar-refractivity contribution >= 4 is 23.1 Å². The number of fused-ring (bicyclic) bond motifs is 2. The Bertz CT molecular complexity index is 1500. The van der Waals surface area contributed by atoms with Gasteiger partial charge in [0, 0.05) is 58.6 Å². The van der Waals surface area contributed by atoms with E-state index >= 15 is 0 Å². The zero-order valence-corrected chi connectivity index (χ0v) is 21.4. The Kier molecular flexibility index (Phi) is 6.59. The first kappa shape index (κ1) is 23.6. The summed E-state index contributed by atoms with van der Waals surface area (Å²) in [6.07, 6.45) is 4.40. The SMILES string of the molecule is COc1cncc(CNc2ccc3c(c2)Cc2cccc(-c4cc(N5CCOCC5)cc(=O)[nH]4)c2S3)c1. The van der Waals surface area contributed by atoms with E-state index in [-0.39, 0.29) is 5.56 Å². The van der Waals surface area contributed by atoms with Crippen molar-refractivity contribution in [1.29, 1.82) is 0 Å². The second kappa shape index (κ2) is 10.3. The lowest BCUT2D eigenvalue weighted by molar-refractivity contribution is 0.122. The summed E-state index contributed by atoms with van der Waals surface area (Å²) >= 11 is 1.77. The molecule has 0 unspecified atom stereocenters. The molecule has 0 saturated carbocycles. The van der Waals surface area contributed by atoms with E-state index in [9.17, 15) is 4.79 Å². The summed E-state index contributed by atoms with van der Waals surface area (Å²) < 4.78 is 10.8. The van der Waals surface area contributed by atoms with Crippen LogP contribution in [-0.4, -0.2) is 43.4 Å². The summed E-state index contributed by atoms with van der Waals surface area (Å²) in [6.45, 7) is 3.63. The van der Waals surface area contributed by atoms with Gasteiger partial charge in [0.15, 0.2) is 0 Å². The van der Waals surface area contributed by atoms with E-state index in [1.54, 1.807) is 31.1 Å². The number of ether oxygens (including phenoxy) is 2. The minimum Gasteiger partial charge on any atom is -0.495 e. The molecule has 0 amide bonds. The second-order valence-electron chi connectivity index (χ2n) is 9.20. The van der Waals surface area contributed by atoms with Gasteiger partial charge in [0.25, 0.3) is 0 Å². The van der Waals surface area contributed by atoms with Gasteiger partial charge in [-0.1, -0.05) is 30.0 Å². The van der Waals surface area contributed by atoms with Gasteiger partial charge in [0.1, 0.15) is 5.75 Å². The summed E-state index contributed by atoms with van der Waals surface area (Å²) in [6, 6.07) is 18.7. The molecule has 2 aromatic heterocycles. The molecule has 2 aliphatic heterocycles. The molecule has 4 heterocycles. The van der Waals surface area contributed by atoms with E-state index in [1.165, 1.54) is 20.9 Å². The third-order valence-corrected chi connectivity index (χ3v) is 8.05. The summed E-state index contributed by atoms with van der Waals surface area (Å²) in [5.74, 6) is 0.755. The topological polar surface area (TPSA) is 79.5 Å². The first-order chi connectivity index (χ1) is 18.2. The van der Waals surface area contributed by atoms with Crippen molar-refractivity contribution in [1.82, 2.24) is 9.97 Å². The average molecular weight is 513 g/mol. The Hall–Kier alpha value is -3.75. The molecular weight excluding hydrogens is 484 g/mol. The molecular formula is C29H28N4O3S. The largest absolute Gasteiger partial charge is 0.495 e. The van der Waals surface area contributed by atoms with Crippen molar-refractivity contribution in [2.24, 2.45) is 0 Å². The van der Waals surface area contributed by atoms with E-state index in [0.29, 0.717) is 19.8 Å². The highest BCUT2D eigenvalue weighted by Crippen LogP contribution is 2.45. The van der Waals surface area contributed by atoms with Gasteiger partial charge in [0.05, 0.1) is 32.2 Å². The molecule has 2 aromatic carbocycles. The van der Waals surface area contributed by atoms with Gasteiger partial charge < -0.3 is 24.7 Å². The average Bonchev–Trinajstić information content (AvgIpc) is 2.95. The van der Waals surface area contributed by atoms with Crippen LogP contribution in [0.4, 0.5) is 11.4 Å². The van der Waals surface area contributed by atoms with Crippen molar-refractivity contribution in [3.8, 4) is 17.0 Å². The maximum Gasteiger partial charge on any atom is 0.250 e. The molecule has 8 heteroatoms. The second-order valence-corrected chi connectivity index (χ2v) is 10.2. The first-order valence-corrected chi connectivity index (χ1v) is 13.2. The Morgan fingerprint density at radius 2 is 1.97 bits per heavy atom. The van der Waals surface area contributed by atoms with Crippen molar-refractivity contribution in [2.75, 3.05) is 43.6 Å². The van der Waals surface area contributed by atoms with E-state index in [2.05, 4.69) is 62.6 Å². The maximum atomic E-state index is 12.6. The zero-order chi connectivity index (χ0) is 25.2. The summed E-state index contributed by atoms with van der Waals surface area (Å²) in [5.41, 5.74) is 7.47. The Morgan fingerprint density at radius 3 is 2.84 bits per heavy atom. The number of hydrogen-bond acceptors (Lipinski definition) is 7. The summed E-state index contributed by atoms with van der Waals surface area (Å²) in [4.78, 5) is 24.6. The molecule has 0 aliphatic carbocycles. The van der Waals surface area contributed by atoms with Crippen LogP contribution in [0, 0.1) is 0 Å². The number of methoxy groups -OCH3 is 1. The third-order valence-electron chi connectivity index (χ3n) is 6.75. The minimum atomic E-state index is -0.0836. The fourth-order valence-corrected chi connectivity index (χ4v) is 6.03. The number of aromatic amines is 1. The molecule has 7 nitrogen and oxygen atoms in total. The number of hydrogen-bond donors (Lipinski definition) is 2. The van der Waals surface area contributed by atoms with Crippen molar-refractivity contribution in [3.63, 3.8) is 0 Å². The normalized spacial score (nSPS) is 14.6. The number of benzene rings is 2. The highest BCUT2D eigenvalue weighted by molar-refractivity contribution is 7.99. The van der Waals surface area contributed by atoms with Gasteiger partial charge in [-0.15, -0.1) is 0 Å². The number of H-pyrrole nitrogens is 1.